The molecule has 0 radical (unpaired) electrons. The van der Waals surface area contributed by atoms with Crippen molar-refractivity contribution in [1.82, 2.24) is 0 Å². The molecule has 0 spiro atoms. The Hall–Kier alpha value is -0.610. The first kappa shape index (κ1) is 7.50. The van der Waals surface area contributed by atoms with Crippen molar-refractivity contribution in [3.63, 3.8) is 0 Å². The van der Waals surface area contributed by atoms with E-state index in [2.05, 4.69) is 4.84 Å². The van der Waals surface area contributed by atoms with Crippen LogP contribution in [0, 0.1) is 0 Å². The van der Waals surface area contributed by atoms with Crippen LogP contribution in [-0.2, 0) is 9.63 Å². The molecule has 0 heterocycles. The highest BCUT2D eigenvalue weighted by Gasteiger charge is 2.39. The second-order valence-electron chi connectivity index (χ2n) is 2.72. The van der Waals surface area contributed by atoms with Gasteiger partial charge in [0.25, 0.3) is 0 Å². The molecule has 1 fully saturated rings. The van der Waals surface area contributed by atoms with Crippen molar-refractivity contribution in [3.8, 4) is 0 Å². The fourth-order valence-corrected chi connectivity index (χ4v) is 1.18. The Bertz CT molecular complexity index is 136. The first-order valence-electron chi connectivity index (χ1n) is 3.28. The molecule has 0 saturated heterocycles. The molecule has 4 heteroatoms. The molecule has 0 aromatic heterocycles. The molecule has 1 aliphatic carbocycles. The van der Waals surface area contributed by atoms with Crippen LogP contribution in [0.1, 0.15) is 25.7 Å². The predicted molar refractivity (Wildman–Crippen MR) is 34.1 cm³/mol. The van der Waals surface area contributed by atoms with Crippen molar-refractivity contribution in [3.05, 3.63) is 0 Å². The summed E-state index contributed by atoms with van der Waals surface area (Å²) in [4.78, 5) is 14.8. The predicted octanol–water partition coefficient (Wildman–Crippen LogP) is 0.274. The summed E-state index contributed by atoms with van der Waals surface area (Å²) in [5.74, 6) is 4.11. The van der Waals surface area contributed by atoms with Gasteiger partial charge in [-0.2, -0.15) is 0 Å². The third-order valence-electron chi connectivity index (χ3n) is 1.99. The molecule has 0 unspecified atom stereocenters. The van der Waals surface area contributed by atoms with Gasteiger partial charge in [0.05, 0.1) is 12.0 Å². The van der Waals surface area contributed by atoms with Crippen LogP contribution >= 0.6 is 0 Å². The van der Waals surface area contributed by atoms with E-state index < -0.39 is 11.6 Å². The minimum Gasteiger partial charge on any atom is -0.481 e. The highest BCUT2D eigenvalue weighted by Crippen LogP contribution is 2.37. The summed E-state index contributed by atoms with van der Waals surface area (Å²) >= 11 is 0. The average Bonchev–Trinajstić information content (AvgIpc) is 1.78. The summed E-state index contributed by atoms with van der Waals surface area (Å²) < 4.78 is 0. The quantitative estimate of drug-likeness (QED) is 0.559. The smallest absolute Gasteiger partial charge is 0.306 e. The van der Waals surface area contributed by atoms with Crippen LogP contribution in [0.25, 0.3) is 0 Å². The lowest BCUT2D eigenvalue weighted by Gasteiger charge is -2.37. The van der Waals surface area contributed by atoms with Gasteiger partial charge in [0.2, 0.25) is 0 Å². The zero-order valence-electron chi connectivity index (χ0n) is 5.67. The maximum Gasteiger partial charge on any atom is 0.306 e. The van der Waals surface area contributed by atoms with Crippen LogP contribution in [-0.4, -0.2) is 16.7 Å². The van der Waals surface area contributed by atoms with Crippen LogP contribution in [0.5, 0.6) is 0 Å². The molecule has 4 nitrogen and oxygen atoms in total. The molecule has 1 saturated carbocycles. The molecule has 0 amide bonds. The van der Waals surface area contributed by atoms with Crippen molar-refractivity contribution in [1.29, 1.82) is 0 Å². The van der Waals surface area contributed by atoms with Crippen molar-refractivity contribution < 1.29 is 14.7 Å². The molecule has 0 aromatic carbocycles. The molecule has 0 bridgehead atoms. The van der Waals surface area contributed by atoms with E-state index in [1.54, 1.807) is 0 Å². The first-order valence-corrected chi connectivity index (χ1v) is 3.28. The van der Waals surface area contributed by atoms with Gasteiger partial charge in [0.1, 0.15) is 0 Å². The fourth-order valence-electron chi connectivity index (χ4n) is 1.18. The Morgan fingerprint density at radius 3 is 2.40 bits per heavy atom. The number of carbonyl (C=O) groups is 1. The van der Waals surface area contributed by atoms with Crippen LogP contribution < -0.4 is 5.90 Å². The van der Waals surface area contributed by atoms with Crippen LogP contribution in [0.2, 0.25) is 0 Å². The zero-order chi connectivity index (χ0) is 7.61. The van der Waals surface area contributed by atoms with E-state index >= 15 is 0 Å². The summed E-state index contributed by atoms with van der Waals surface area (Å²) in [5.41, 5.74) is -0.536. The Labute approximate surface area is 58.9 Å². The van der Waals surface area contributed by atoms with Crippen LogP contribution in [0.3, 0.4) is 0 Å². The zero-order valence-corrected chi connectivity index (χ0v) is 5.67. The number of carboxylic acid groups (broad SMARTS) is 1. The number of aliphatic carboxylic acids is 1. The minimum atomic E-state index is -0.842. The average molecular weight is 145 g/mol. The summed E-state index contributed by atoms with van der Waals surface area (Å²) in [7, 11) is 0. The van der Waals surface area contributed by atoms with Crippen molar-refractivity contribution in [2.45, 2.75) is 31.3 Å². The maximum atomic E-state index is 10.2. The van der Waals surface area contributed by atoms with Gasteiger partial charge in [0, 0.05) is 0 Å². The van der Waals surface area contributed by atoms with Gasteiger partial charge in [-0.05, 0) is 19.3 Å². The van der Waals surface area contributed by atoms with Gasteiger partial charge in [-0.25, -0.2) is 5.90 Å². The number of hydrogen-bond acceptors (Lipinski definition) is 3. The first-order chi connectivity index (χ1) is 4.68. The standard InChI is InChI=1S/C6H11NO3/c7-10-6(2-1-3-6)4-5(8)9/h1-4,7H2,(H,8,9). The van der Waals surface area contributed by atoms with Gasteiger partial charge in [-0.3, -0.25) is 9.63 Å². The minimum absolute atomic E-state index is 0.0312. The van der Waals surface area contributed by atoms with Crippen molar-refractivity contribution >= 4 is 5.97 Å². The lowest BCUT2D eigenvalue weighted by molar-refractivity contribution is -0.155. The highest BCUT2D eigenvalue weighted by molar-refractivity contribution is 5.68. The second-order valence-corrected chi connectivity index (χ2v) is 2.72. The Morgan fingerprint density at radius 2 is 2.30 bits per heavy atom. The van der Waals surface area contributed by atoms with E-state index in [4.69, 9.17) is 11.0 Å². The fraction of sp³-hybridized carbons (Fsp3) is 0.833. The van der Waals surface area contributed by atoms with E-state index in [0.717, 1.165) is 19.3 Å². The van der Waals surface area contributed by atoms with E-state index in [0.29, 0.717) is 0 Å². The van der Waals surface area contributed by atoms with Gasteiger partial charge in [-0.1, -0.05) is 0 Å². The van der Waals surface area contributed by atoms with Gasteiger partial charge in [-0.15, -0.1) is 0 Å². The SMILES string of the molecule is NOC1(CC(=O)O)CCC1. The second kappa shape index (κ2) is 2.56. The van der Waals surface area contributed by atoms with Crippen LogP contribution in [0.15, 0.2) is 0 Å². The van der Waals surface area contributed by atoms with Gasteiger partial charge < -0.3 is 5.11 Å². The maximum absolute atomic E-state index is 10.2. The third-order valence-corrected chi connectivity index (χ3v) is 1.99. The lowest BCUT2D eigenvalue weighted by Crippen LogP contribution is -2.44. The molecule has 58 valence electrons. The van der Waals surface area contributed by atoms with E-state index in [9.17, 15) is 4.79 Å². The largest absolute Gasteiger partial charge is 0.481 e. The number of nitrogens with two attached hydrogens (primary N) is 1. The number of carboxylic acids is 1. The molecule has 0 aliphatic heterocycles. The van der Waals surface area contributed by atoms with E-state index in [1.165, 1.54) is 0 Å². The monoisotopic (exact) mass is 145 g/mol. The Balaban J connectivity index is 2.40. The van der Waals surface area contributed by atoms with Gasteiger partial charge >= 0.3 is 5.97 Å². The normalized spacial score (nSPS) is 21.7. The lowest BCUT2D eigenvalue weighted by atomic mass is 9.78. The molecule has 0 aromatic rings. The molecule has 1 rings (SSSR count). The number of hydrogen-bond donors (Lipinski definition) is 2. The Kier molecular flexibility index (Phi) is 1.92. The molecule has 1 aliphatic rings. The van der Waals surface area contributed by atoms with Crippen molar-refractivity contribution in [2.24, 2.45) is 5.90 Å². The van der Waals surface area contributed by atoms with E-state index in [1.807, 2.05) is 0 Å². The summed E-state index contributed by atoms with van der Waals surface area (Å²) in [6, 6.07) is 0. The Morgan fingerprint density at radius 1 is 1.70 bits per heavy atom. The molecule has 10 heavy (non-hydrogen) atoms. The van der Waals surface area contributed by atoms with Crippen LogP contribution in [0.4, 0.5) is 0 Å². The molecular weight excluding hydrogens is 134 g/mol. The molecule has 0 atom stereocenters. The summed E-state index contributed by atoms with van der Waals surface area (Å²) in [6.07, 6.45) is 2.60. The van der Waals surface area contributed by atoms with Gasteiger partial charge in [0.15, 0.2) is 0 Å². The summed E-state index contributed by atoms with van der Waals surface area (Å²) in [6.45, 7) is 0. The highest BCUT2D eigenvalue weighted by atomic mass is 16.6. The number of rotatable bonds is 3. The summed E-state index contributed by atoms with van der Waals surface area (Å²) in [5, 5.41) is 8.41. The topological polar surface area (TPSA) is 72.5 Å². The molecular formula is C6H11NO3. The molecule has 3 N–H and O–H groups in total. The third kappa shape index (κ3) is 1.27. The van der Waals surface area contributed by atoms with Crippen molar-refractivity contribution in [2.75, 3.05) is 0 Å². The van der Waals surface area contributed by atoms with E-state index in [-0.39, 0.29) is 6.42 Å².